The molecule has 0 atom stereocenters. The van der Waals surface area contributed by atoms with Gasteiger partial charge in [0.25, 0.3) is 0 Å². The van der Waals surface area contributed by atoms with Crippen molar-refractivity contribution in [3.8, 4) is 5.69 Å². The molecule has 1 heterocycles. The third kappa shape index (κ3) is 1.83. The van der Waals surface area contributed by atoms with Crippen molar-refractivity contribution in [3.05, 3.63) is 70.8 Å². The fourth-order valence-corrected chi connectivity index (χ4v) is 3.88. The average Bonchev–Trinajstić information content (AvgIpc) is 3.15. The van der Waals surface area contributed by atoms with Gasteiger partial charge in [-0.1, -0.05) is 41.1 Å². The fourth-order valence-electron chi connectivity index (χ4n) is 3.88. The number of benzene rings is 2. The van der Waals surface area contributed by atoms with E-state index in [0.29, 0.717) is 0 Å². The van der Waals surface area contributed by atoms with Gasteiger partial charge in [0.2, 0.25) is 0 Å². The van der Waals surface area contributed by atoms with Gasteiger partial charge in [0, 0.05) is 6.42 Å². The van der Waals surface area contributed by atoms with E-state index in [4.69, 9.17) is 0 Å². The molecule has 3 nitrogen and oxygen atoms in total. The van der Waals surface area contributed by atoms with E-state index >= 15 is 0 Å². The minimum absolute atomic E-state index is 0.941. The number of nitrogens with zero attached hydrogens (tertiary/aromatic N) is 3. The van der Waals surface area contributed by atoms with Crippen molar-refractivity contribution >= 4 is 16.6 Å². The monoisotopic (exact) mass is 299 g/mol. The van der Waals surface area contributed by atoms with Crippen LogP contribution in [0.1, 0.15) is 30.9 Å². The minimum atomic E-state index is 0.941. The van der Waals surface area contributed by atoms with E-state index in [1.165, 1.54) is 34.3 Å². The Morgan fingerprint density at radius 2 is 1.91 bits per heavy atom. The Balaban J connectivity index is 1.71. The molecule has 0 saturated heterocycles. The normalized spacial score (nSPS) is 16.5. The van der Waals surface area contributed by atoms with Gasteiger partial charge in [-0.05, 0) is 60.2 Å². The molecule has 3 aromatic rings. The second-order valence-corrected chi connectivity index (χ2v) is 6.46. The first-order valence-electron chi connectivity index (χ1n) is 8.13. The Labute approximate surface area is 134 Å². The number of aromatic nitrogens is 3. The van der Waals surface area contributed by atoms with E-state index in [2.05, 4.69) is 47.6 Å². The molecule has 1 aromatic heterocycles. The molecule has 0 saturated carbocycles. The molecule has 0 N–H and O–H groups in total. The van der Waals surface area contributed by atoms with Gasteiger partial charge in [-0.25, -0.2) is 4.68 Å². The van der Waals surface area contributed by atoms with Crippen molar-refractivity contribution in [1.29, 1.82) is 0 Å². The van der Waals surface area contributed by atoms with Gasteiger partial charge in [0.1, 0.15) is 5.52 Å². The summed E-state index contributed by atoms with van der Waals surface area (Å²) >= 11 is 0. The second-order valence-electron chi connectivity index (χ2n) is 6.46. The van der Waals surface area contributed by atoms with Gasteiger partial charge in [0.15, 0.2) is 0 Å². The largest absolute Gasteiger partial charge is 0.213 e. The summed E-state index contributed by atoms with van der Waals surface area (Å²) in [6.45, 7) is 2.23. The van der Waals surface area contributed by atoms with Gasteiger partial charge in [0.05, 0.1) is 11.2 Å². The number of hydrogen-bond donors (Lipinski definition) is 0. The van der Waals surface area contributed by atoms with Crippen LogP contribution in [0, 0.1) is 0 Å². The maximum Gasteiger partial charge on any atom is 0.113 e. The molecule has 0 aliphatic heterocycles. The number of allylic oxidation sites excluding steroid dienone is 4. The fraction of sp³-hybridized carbons (Fsp3) is 0.200. The molecule has 5 rings (SSSR count). The lowest BCUT2D eigenvalue weighted by Crippen LogP contribution is -2.02. The van der Waals surface area contributed by atoms with Gasteiger partial charge < -0.3 is 0 Å². The van der Waals surface area contributed by atoms with Crippen LogP contribution in [0.4, 0.5) is 0 Å². The van der Waals surface area contributed by atoms with Crippen LogP contribution in [-0.4, -0.2) is 15.0 Å². The third-order valence-corrected chi connectivity index (χ3v) is 5.00. The van der Waals surface area contributed by atoms with Gasteiger partial charge in [-0.15, -0.1) is 5.10 Å². The molecule has 23 heavy (non-hydrogen) atoms. The van der Waals surface area contributed by atoms with Crippen LogP contribution in [0.3, 0.4) is 0 Å². The molecule has 2 aromatic carbocycles. The van der Waals surface area contributed by atoms with E-state index in [9.17, 15) is 0 Å². The van der Waals surface area contributed by atoms with E-state index in [1.807, 2.05) is 22.9 Å². The van der Waals surface area contributed by atoms with Crippen LogP contribution in [0.15, 0.2) is 59.7 Å². The molecule has 2 aliphatic rings. The van der Waals surface area contributed by atoms with E-state index in [0.717, 1.165) is 29.6 Å². The van der Waals surface area contributed by atoms with Crippen LogP contribution in [-0.2, 0) is 6.42 Å². The van der Waals surface area contributed by atoms with Crippen LogP contribution in [0.25, 0.3) is 22.3 Å². The second kappa shape index (κ2) is 4.66. The summed E-state index contributed by atoms with van der Waals surface area (Å²) < 4.78 is 1.99. The lowest BCUT2D eigenvalue weighted by Gasteiger charge is -2.13. The predicted molar refractivity (Wildman–Crippen MR) is 92.5 cm³/mol. The summed E-state index contributed by atoms with van der Waals surface area (Å²) in [5.41, 5.74) is 10.5. The highest BCUT2D eigenvalue weighted by Gasteiger charge is 2.25. The van der Waals surface area contributed by atoms with E-state index in [-0.39, 0.29) is 0 Å². The Bertz CT molecular complexity index is 1000. The van der Waals surface area contributed by atoms with Crippen LogP contribution in [0.5, 0.6) is 0 Å². The Morgan fingerprint density at radius 3 is 2.87 bits per heavy atom. The highest BCUT2D eigenvalue weighted by molar-refractivity contribution is 5.83. The highest BCUT2D eigenvalue weighted by Crippen LogP contribution is 2.42. The van der Waals surface area contributed by atoms with Crippen molar-refractivity contribution in [2.75, 3.05) is 0 Å². The molecule has 2 aliphatic carbocycles. The molecule has 0 fully saturated rings. The summed E-state index contributed by atoms with van der Waals surface area (Å²) in [6, 6.07) is 14.7. The summed E-state index contributed by atoms with van der Waals surface area (Å²) in [4.78, 5) is 0. The van der Waals surface area contributed by atoms with Crippen LogP contribution in [0.2, 0.25) is 0 Å². The third-order valence-electron chi connectivity index (χ3n) is 5.00. The maximum atomic E-state index is 4.41. The average molecular weight is 299 g/mol. The van der Waals surface area contributed by atoms with Crippen LogP contribution < -0.4 is 0 Å². The quantitative estimate of drug-likeness (QED) is 0.663. The lowest BCUT2D eigenvalue weighted by molar-refractivity contribution is 0.816. The predicted octanol–water partition coefficient (Wildman–Crippen LogP) is 4.47. The first-order valence-corrected chi connectivity index (χ1v) is 8.13. The zero-order valence-electron chi connectivity index (χ0n) is 13.1. The van der Waals surface area contributed by atoms with Crippen molar-refractivity contribution < 1.29 is 0 Å². The molecule has 112 valence electrons. The zero-order chi connectivity index (χ0) is 15.4. The Hall–Kier alpha value is -2.68. The van der Waals surface area contributed by atoms with Crippen molar-refractivity contribution in [1.82, 2.24) is 15.0 Å². The Morgan fingerprint density at radius 1 is 1.00 bits per heavy atom. The van der Waals surface area contributed by atoms with E-state index < -0.39 is 0 Å². The lowest BCUT2D eigenvalue weighted by atomic mass is 9.93. The molecule has 0 spiro atoms. The summed E-state index contributed by atoms with van der Waals surface area (Å²) in [6.07, 6.45) is 5.72. The standard InChI is InChI=1S/C20H17N3/c1-13-9-10-15-14(11-13)12-17-16(15)5-4-8-19(17)23-20-7-3-2-6-18(20)21-22-23/h2-8,11H,9-10,12H2,1H3. The van der Waals surface area contributed by atoms with Gasteiger partial charge in [-0.2, -0.15) is 0 Å². The SMILES string of the molecule is CC1=CC2=C(CC1)c1cccc(-n3nnc4ccccc43)c1C2. The summed E-state index contributed by atoms with van der Waals surface area (Å²) in [5, 5.41) is 8.72. The molecule has 0 unspecified atom stereocenters. The zero-order valence-corrected chi connectivity index (χ0v) is 13.1. The van der Waals surface area contributed by atoms with Gasteiger partial charge in [-0.3, -0.25) is 0 Å². The molecule has 0 radical (unpaired) electrons. The minimum Gasteiger partial charge on any atom is -0.213 e. The first-order chi connectivity index (χ1) is 11.3. The number of hydrogen-bond acceptors (Lipinski definition) is 2. The maximum absolute atomic E-state index is 4.41. The summed E-state index contributed by atoms with van der Waals surface area (Å²) in [7, 11) is 0. The molecule has 0 bridgehead atoms. The van der Waals surface area contributed by atoms with Crippen molar-refractivity contribution in [2.45, 2.75) is 26.2 Å². The topological polar surface area (TPSA) is 30.7 Å². The molecule has 0 amide bonds. The highest BCUT2D eigenvalue weighted by atomic mass is 15.4. The summed E-state index contributed by atoms with van der Waals surface area (Å²) in [5.74, 6) is 0. The van der Waals surface area contributed by atoms with Crippen molar-refractivity contribution in [3.63, 3.8) is 0 Å². The van der Waals surface area contributed by atoms with E-state index in [1.54, 1.807) is 0 Å². The number of fused-ring (bicyclic) bond motifs is 3. The van der Waals surface area contributed by atoms with Gasteiger partial charge >= 0.3 is 0 Å². The molecular weight excluding hydrogens is 282 g/mol. The molecule has 3 heteroatoms. The number of para-hydroxylation sites is 1. The Kier molecular flexibility index (Phi) is 2.60. The smallest absolute Gasteiger partial charge is 0.113 e. The number of rotatable bonds is 1. The van der Waals surface area contributed by atoms with Crippen LogP contribution >= 0.6 is 0 Å². The first kappa shape index (κ1) is 12.8. The van der Waals surface area contributed by atoms with Crippen molar-refractivity contribution in [2.24, 2.45) is 0 Å². The molecular formula is C20H17N3.